The number of benzene rings is 1. The van der Waals surface area contributed by atoms with Crippen molar-refractivity contribution in [2.45, 2.75) is 26.4 Å². The summed E-state index contributed by atoms with van der Waals surface area (Å²) in [6, 6.07) is 6.79. The van der Waals surface area contributed by atoms with E-state index in [1.165, 1.54) is 11.1 Å². The molecule has 0 saturated heterocycles. The molecule has 14 heavy (non-hydrogen) atoms. The molecule has 78 valence electrons. The van der Waals surface area contributed by atoms with Crippen LogP contribution in [-0.4, -0.2) is 12.6 Å². The monoisotopic (exact) mass is 256 g/mol. The van der Waals surface area contributed by atoms with E-state index < -0.39 is 0 Å². The highest BCUT2D eigenvalue weighted by atomic mass is 79.9. The summed E-state index contributed by atoms with van der Waals surface area (Å²) in [5.41, 5.74) is 8.09. The number of rotatable bonds is 4. The molecule has 1 aromatic rings. The average Bonchev–Trinajstić information content (AvgIpc) is 2.12. The molecule has 0 saturated carbocycles. The van der Waals surface area contributed by atoms with Crippen LogP contribution in [0, 0.1) is 6.92 Å². The lowest BCUT2D eigenvalue weighted by Gasteiger charge is -2.11. The summed E-state index contributed by atoms with van der Waals surface area (Å²) in [5.74, 6) is 0. The van der Waals surface area contributed by atoms with Gasteiger partial charge in [-0.05, 0) is 37.1 Å². The second-order valence-electron chi connectivity index (χ2n) is 3.65. The third kappa shape index (κ3) is 3.78. The largest absolute Gasteiger partial charge is 0.329 e. The van der Waals surface area contributed by atoms with E-state index in [2.05, 4.69) is 53.3 Å². The van der Waals surface area contributed by atoms with Crippen LogP contribution in [0.25, 0.3) is 0 Å². The van der Waals surface area contributed by atoms with Gasteiger partial charge in [0.1, 0.15) is 0 Å². The average molecular weight is 257 g/mol. The maximum atomic E-state index is 5.52. The molecule has 0 bridgehead atoms. The van der Waals surface area contributed by atoms with E-state index in [-0.39, 0.29) is 0 Å². The van der Waals surface area contributed by atoms with Crippen LogP contribution in [0.1, 0.15) is 18.1 Å². The standard InChI is InChI=1S/C11H17BrN2/c1-8-3-10(5-11(12)4-8)7-14-9(2)6-13/h3-5,9,14H,6-7,13H2,1-2H3/t9-/m1/s1. The summed E-state index contributed by atoms with van der Waals surface area (Å²) in [6.45, 7) is 5.73. The number of nitrogens with two attached hydrogens (primary N) is 1. The third-order valence-electron chi connectivity index (χ3n) is 2.11. The van der Waals surface area contributed by atoms with Crippen LogP contribution in [0.3, 0.4) is 0 Å². The molecule has 0 amide bonds. The van der Waals surface area contributed by atoms with E-state index in [4.69, 9.17) is 5.73 Å². The molecule has 1 aromatic carbocycles. The van der Waals surface area contributed by atoms with Crippen LogP contribution < -0.4 is 11.1 Å². The number of hydrogen-bond donors (Lipinski definition) is 2. The predicted molar refractivity (Wildman–Crippen MR) is 64.2 cm³/mol. The molecule has 0 aromatic heterocycles. The first-order chi connectivity index (χ1) is 6.61. The Bertz CT molecular complexity index is 279. The minimum absolute atomic E-state index is 0.370. The van der Waals surface area contributed by atoms with Crippen molar-refractivity contribution in [1.29, 1.82) is 0 Å². The molecule has 0 spiro atoms. The maximum Gasteiger partial charge on any atom is 0.0209 e. The highest BCUT2D eigenvalue weighted by Crippen LogP contribution is 2.15. The molecule has 0 heterocycles. The fourth-order valence-electron chi connectivity index (χ4n) is 1.29. The second kappa shape index (κ2) is 5.49. The van der Waals surface area contributed by atoms with Gasteiger partial charge in [0, 0.05) is 23.6 Å². The molecule has 1 rings (SSSR count). The van der Waals surface area contributed by atoms with Gasteiger partial charge >= 0.3 is 0 Å². The Morgan fingerprint density at radius 2 is 2.14 bits per heavy atom. The lowest BCUT2D eigenvalue weighted by molar-refractivity contribution is 0.556. The molecular weight excluding hydrogens is 240 g/mol. The van der Waals surface area contributed by atoms with Gasteiger partial charge in [-0.25, -0.2) is 0 Å². The van der Waals surface area contributed by atoms with Crippen LogP contribution >= 0.6 is 15.9 Å². The van der Waals surface area contributed by atoms with E-state index in [9.17, 15) is 0 Å². The predicted octanol–water partition coefficient (Wildman–Crippen LogP) is 2.19. The zero-order valence-electron chi connectivity index (χ0n) is 8.68. The molecular formula is C11H17BrN2. The number of aryl methyl sites for hydroxylation is 1. The third-order valence-corrected chi connectivity index (χ3v) is 2.57. The molecule has 0 radical (unpaired) electrons. The molecule has 0 fully saturated rings. The van der Waals surface area contributed by atoms with Crippen LogP contribution in [-0.2, 0) is 6.54 Å². The Morgan fingerprint density at radius 1 is 1.43 bits per heavy atom. The van der Waals surface area contributed by atoms with Gasteiger partial charge < -0.3 is 11.1 Å². The number of nitrogens with one attached hydrogen (secondary N) is 1. The highest BCUT2D eigenvalue weighted by molar-refractivity contribution is 9.10. The van der Waals surface area contributed by atoms with Gasteiger partial charge in [0.15, 0.2) is 0 Å². The molecule has 3 N–H and O–H groups in total. The van der Waals surface area contributed by atoms with Crippen molar-refractivity contribution in [2.75, 3.05) is 6.54 Å². The van der Waals surface area contributed by atoms with Gasteiger partial charge in [0.2, 0.25) is 0 Å². The maximum absolute atomic E-state index is 5.52. The van der Waals surface area contributed by atoms with Crippen molar-refractivity contribution in [3.8, 4) is 0 Å². The summed E-state index contributed by atoms with van der Waals surface area (Å²) in [5, 5.41) is 3.36. The summed E-state index contributed by atoms with van der Waals surface area (Å²) in [4.78, 5) is 0. The Balaban J connectivity index is 2.58. The summed E-state index contributed by atoms with van der Waals surface area (Å²) in [7, 11) is 0. The normalized spacial score (nSPS) is 12.9. The first-order valence-electron chi connectivity index (χ1n) is 4.81. The van der Waals surface area contributed by atoms with Crippen LogP contribution in [0.5, 0.6) is 0 Å². The topological polar surface area (TPSA) is 38.0 Å². The van der Waals surface area contributed by atoms with Gasteiger partial charge in [-0.3, -0.25) is 0 Å². The Kier molecular flexibility index (Phi) is 4.58. The molecule has 1 atom stereocenters. The molecule has 2 nitrogen and oxygen atoms in total. The molecule has 3 heteroatoms. The number of halogens is 1. The van der Waals surface area contributed by atoms with Crippen LogP contribution in [0.15, 0.2) is 22.7 Å². The molecule has 0 unspecified atom stereocenters. The van der Waals surface area contributed by atoms with E-state index in [0.717, 1.165) is 11.0 Å². The van der Waals surface area contributed by atoms with Gasteiger partial charge in [-0.2, -0.15) is 0 Å². The molecule has 0 aliphatic rings. The molecule has 0 aliphatic heterocycles. The highest BCUT2D eigenvalue weighted by Gasteiger charge is 1.99. The lowest BCUT2D eigenvalue weighted by Crippen LogP contribution is -2.32. The first kappa shape index (κ1) is 11.7. The zero-order valence-corrected chi connectivity index (χ0v) is 10.3. The van der Waals surface area contributed by atoms with Crippen molar-refractivity contribution in [1.82, 2.24) is 5.32 Å². The zero-order chi connectivity index (χ0) is 10.6. The van der Waals surface area contributed by atoms with Crippen molar-refractivity contribution in [2.24, 2.45) is 5.73 Å². The quantitative estimate of drug-likeness (QED) is 0.867. The van der Waals surface area contributed by atoms with E-state index >= 15 is 0 Å². The minimum Gasteiger partial charge on any atom is -0.329 e. The lowest BCUT2D eigenvalue weighted by atomic mass is 10.1. The molecule has 0 aliphatic carbocycles. The Labute approximate surface area is 94.0 Å². The SMILES string of the molecule is Cc1cc(Br)cc(CN[C@H](C)CN)c1. The van der Waals surface area contributed by atoms with Crippen molar-refractivity contribution in [3.05, 3.63) is 33.8 Å². The minimum atomic E-state index is 0.370. The van der Waals surface area contributed by atoms with E-state index in [1.54, 1.807) is 0 Å². The number of hydrogen-bond acceptors (Lipinski definition) is 2. The first-order valence-corrected chi connectivity index (χ1v) is 5.60. The van der Waals surface area contributed by atoms with Crippen LogP contribution in [0.2, 0.25) is 0 Å². The Hall–Kier alpha value is -0.380. The second-order valence-corrected chi connectivity index (χ2v) is 4.57. The fourth-order valence-corrected chi connectivity index (χ4v) is 1.94. The summed E-state index contributed by atoms with van der Waals surface area (Å²) in [6.07, 6.45) is 0. The van der Waals surface area contributed by atoms with Gasteiger partial charge in [0.25, 0.3) is 0 Å². The summed E-state index contributed by atoms with van der Waals surface area (Å²) < 4.78 is 1.13. The van der Waals surface area contributed by atoms with E-state index in [1.807, 2.05) is 0 Å². The van der Waals surface area contributed by atoms with Crippen molar-refractivity contribution < 1.29 is 0 Å². The van der Waals surface area contributed by atoms with Gasteiger partial charge in [0.05, 0.1) is 0 Å². The smallest absolute Gasteiger partial charge is 0.0209 e. The van der Waals surface area contributed by atoms with Crippen LogP contribution in [0.4, 0.5) is 0 Å². The van der Waals surface area contributed by atoms with Gasteiger partial charge in [-0.1, -0.05) is 22.0 Å². The summed E-state index contributed by atoms with van der Waals surface area (Å²) >= 11 is 3.48. The Morgan fingerprint density at radius 3 is 2.71 bits per heavy atom. The fraction of sp³-hybridized carbons (Fsp3) is 0.455. The van der Waals surface area contributed by atoms with Crippen molar-refractivity contribution in [3.63, 3.8) is 0 Å². The van der Waals surface area contributed by atoms with Gasteiger partial charge in [-0.15, -0.1) is 0 Å². The van der Waals surface area contributed by atoms with Crippen molar-refractivity contribution >= 4 is 15.9 Å². The van der Waals surface area contributed by atoms with E-state index in [0.29, 0.717) is 12.6 Å².